The van der Waals surface area contributed by atoms with E-state index >= 15 is 0 Å². The zero-order valence-electron chi connectivity index (χ0n) is 21.5. The molecule has 3 atom stereocenters. The highest BCUT2D eigenvalue weighted by atomic mass is 35.5. The molecule has 4 heterocycles. The molecule has 0 radical (unpaired) electrons. The predicted octanol–water partition coefficient (Wildman–Crippen LogP) is 1.10. The van der Waals surface area contributed by atoms with E-state index < -0.39 is 6.09 Å². The van der Waals surface area contributed by atoms with Crippen molar-refractivity contribution in [2.24, 2.45) is 5.73 Å². The second-order valence-electron chi connectivity index (χ2n) is 9.45. The van der Waals surface area contributed by atoms with Crippen LogP contribution < -0.4 is 25.4 Å². The van der Waals surface area contributed by atoms with Crippen molar-refractivity contribution in [2.75, 3.05) is 43.6 Å². The largest absolute Gasteiger partial charge is 0.483 e. The first-order chi connectivity index (χ1) is 18.7. The van der Waals surface area contributed by atoms with E-state index in [0.717, 1.165) is 30.5 Å². The van der Waals surface area contributed by atoms with E-state index in [4.69, 9.17) is 41.4 Å². The summed E-state index contributed by atoms with van der Waals surface area (Å²) in [6.07, 6.45) is 2.92. The fourth-order valence-electron chi connectivity index (χ4n) is 4.50. The molecule has 0 bridgehead atoms. The molecule has 39 heavy (non-hydrogen) atoms. The predicted molar refractivity (Wildman–Crippen MR) is 139 cm³/mol. The van der Waals surface area contributed by atoms with Gasteiger partial charge < -0.3 is 35.3 Å². The molecule has 1 aliphatic carbocycles. The lowest BCUT2D eigenvalue weighted by atomic mass is 10.1. The average Bonchev–Trinajstić information content (AvgIpc) is 3.50. The van der Waals surface area contributed by atoms with Crippen molar-refractivity contribution in [3.63, 3.8) is 0 Å². The molecule has 2 aromatic heterocycles. The summed E-state index contributed by atoms with van der Waals surface area (Å²) >= 11 is 6.44. The molecule has 15 heteroatoms. The van der Waals surface area contributed by atoms with Gasteiger partial charge in [-0.25, -0.2) is 19.7 Å². The van der Waals surface area contributed by atoms with Gasteiger partial charge >= 0.3 is 6.09 Å². The second-order valence-corrected chi connectivity index (χ2v) is 9.81. The minimum Gasteiger partial charge on any atom is -0.483 e. The number of halogens is 1. The number of cyclic esters (lactones) is 1. The number of carboxylic acid groups (broad SMARTS) is 1. The highest BCUT2D eigenvalue weighted by molar-refractivity contribution is 6.30. The molecular formula is C24H30ClN7O7. The quantitative estimate of drug-likeness (QED) is 0.307. The van der Waals surface area contributed by atoms with Gasteiger partial charge in [0.05, 0.1) is 12.7 Å². The van der Waals surface area contributed by atoms with Crippen molar-refractivity contribution in [1.29, 1.82) is 0 Å². The number of anilines is 2. The number of nitrogens with zero attached hydrogens (tertiary/aromatic N) is 5. The molecule has 5 rings (SSSR count). The van der Waals surface area contributed by atoms with E-state index in [9.17, 15) is 9.59 Å². The SMILES string of the molecule is CC(N)COc1cc2c(c(Cl)n1)CC(N(C)CCC1CN(c3cnc4c(n3)NC(=O)CO4)C(=O)O1)C2.O=CO. The van der Waals surface area contributed by atoms with Crippen molar-refractivity contribution < 1.29 is 33.7 Å². The Morgan fingerprint density at radius 2 is 2.15 bits per heavy atom. The second kappa shape index (κ2) is 12.4. The van der Waals surface area contributed by atoms with Crippen molar-refractivity contribution >= 4 is 41.7 Å². The molecule has 210 valence electrons. The summed E-state index contributed by atoms with van der Waals surface area (Å²) in [5, 5.41) is 9.96. The molecule has 4 N–H and O–H groups in total. The minimum absolute atomic E-state index is 0.0903. The number of carbonyl (C=O) groups excluding carboxylic acids is 2. The molecule has 2 aliphatic heterocycles. The molecule has 1 fully saturated rings. The van der Waals surface area contributed by atoms with Gasteiger partial charge in [0, 0.05) is 24.7 Å². The molecule has 2 amide bonds. The topological polar surface area (TPSA) is 182 Å². The first-order valence-electron chi connectivity index (χ1n) is 12.3. The number of hydrogen-bond acceptors (Lipinski definition) is 11. The normalized spacial score (nSPS) is 20.2. The van der Waals surface area contributed by atoms with Crippen molar-refractivity contribution in [1.82, 2.24) is 19.9 Å². The van der Waals surface area contributed by atoms with Crippen LogP contribution in [0.3, 0.4) is 0 Å². The minimum atomic E-state index is -0.495. The number of likely N-dealkylation sites (N-methyl/N-ethyl adjacent to an activating group) is 1. The Labute approximate surface area is 229 Å². The van der Waals surface area contributed by atoms with E-state index in [0.29, 0.717) is 36.4 Å². The summed E-state index contributed by atoms with van der Waals surface area (Å²) in [6, 6.07) is 2.11. The first kappa shape index (κ1) is 28.3. The standard InChI is InChI=1S/C23H28ClN7O5.CH2O2/c1-12(25)10-34-19-6-13-5-14(7-16(13)20(24)29-19)30(2)4-3-15-9-31(23(33)36-15)17-8-26-22-21(27-17)28-18(32)11-35-22;2-1-3/h6,8,12,14-15H,3-5,7,9-11,25H2,1-2H3,(H,27,28,32);1H,(H,2,3). The number of rotatable bonds is 8. The van der Waals surface area contributed by atoms with Gasteiger partial charge in [0.25, 0.3) is 18.3 Å². The smallest absolute Gasteiger partial charge is 0.415 e. The molecule has 14 nitrogen and oxygen atoms in total. The van der Waals surface area contributed by atoms with E-state index in [-0.39, 0.29) is 48.9 Å². The lowest BCUT2D eigenvalue weighted by Gasteiger charge is -2.24. The molecule has 3 aliphatic rings. The lowest BCUT2D eigenvalue weighted by molar-refractivity contribution is -0.123. The summed E-state index contributed by atoms with van der Waals surface area (Å²) in [5.74, 6) is 0.896. The maximum absolute atomic E-state index is 12.5. The van der Waals surface area contributed by atoms with Gasteiger partial charge in [-0.1, -0.05) is 11.6 Å². The number of ether oxygens (including phenoxy) is 3. The summed E-state index contributed by atoms with van der Waals surface area (Å²) in [7, 11) is 2.05. The van der Waals surface area contributed by atoms with Gasteiger partial charge in [0.15, 0.2) is 18.2 Å². The number of nitrogens with one attached hydrogen (secondary N) is 1. The highest BCUT2D eigenvalue weighted by Gasteiger charge is 2.35. The molecule has 0 spiro atoms. The van der Waals surface area contributed by atoms with Crippen LogP contribution in [0.25, 0.3) is 0 Å². The number of nitrogens with two attached hydrogens (primary N) is 1. The lowest BCUT2D eigenvalue weighted by Crippen LogP contribution is -2.35. The van der Waals surface area contributed by atoms with Crippen LogP contribution in [0.15, 0.2) is 12.3 Å². The Hall–Kier alpha value is -3.75. The van der Waals surface area contributed by atoms with Crippen LogP contribution in [0.4, 0.5) is 16.4 Å². The number of fused-ring (bicyclic) bond motifs is 2. The fraction of sp³-hybridized carbons (Fsp3) is 0.500. The highest BCUT2D eigenvalue weighted by Crippen LogP contribution is 2.33. The zero-order chi connectivity index (χ0) is 28.1. The molecule has 3 unspecified atom stereocenters. The third-order valence-corrected chi connectivity index (χ3v) is 6.75. The van der Waals surface area contributed by atoms with E-state index in [1.807, 2.05) is 13.0 Å². The van der Waals surface area contributed by atoms with E-state index in [1.54, 1.807) is 0 Å². The van der Waals surface area contributed by atoms with Crippen molar-refractivity contribution in [3.8, 4) is 11.8 Å². The van der Waals surface area contributed by atoms with Crippen molar-refractivity contribution in [2.45, 2.75) is 44.4 Å². The molecular weight excluding hydrogens is 534 g/mol. The van der Waals surface area contributed by atoms with Gasteiger partial charge in [-0.2, -0.15) is 0 Å². The first-order valence-corrected chi connectivity index (χ1v) is 12.7. The van der Waals surface area contributed by atoms with Crippen molar-refractivity contribution in [3.05, 3.63) is 28.5 Å². The zero-order valence-corrected chi connectivity index (χ0v) is 22.3. The molecule has 2 aromatic rings. The molecule has 0 saturated carbocycles. The van der Waals surface area contributed by atoms with Crippen LogP contribution in [0.1, 0.15) is 24.5 Å². The van der Waals surface area contributed by atoms with Crippen LogP contribution >= 0.6 is 11.6 Å². The third kappa shape index (κ3) is 6.82. The monoisotopic (exact) mass is 563 g/mol. The Balaban J connectivity index is 0.00000112. The summed E-state index contributed by atoms with van der Waals surface area (Å²) < 4.78 is 16.4. The van der Waals surface area contributed by atoms with Gasteiger partial charge in [-0.05, 0) is 44.4 Å². The van der Waals surface area contributed by atoms with Gasteiger partial charge in [0.1, 0.15) is 17.9 Å². The van der Waals surface area contributed by atoms with Gasteiger partial charge in [-0.15, -0.1) is 0 Å². The molecule has 0 aromatic carbocycles. The van der Waals surface area contributed by atoms with Gasteiger partial charge in [0.2, 0.25) is 5.88 Å². The Kier molecular flexibility index (Phi) is 8.99. The molecule has 1 saturated heterocycles. The Morgan fingerprint density at radius 1 is 1.38 bits per heavy atom. The third-order valence-electron chi connectivity index (χ3n) is 6.43. The number of aromatic nitrogens is 3. The average molecular weight is 564 g/mol. The van der Waals surface area contributed by atoms with Crippen LogP contribution in [0.2, 0.25) is 5.15 Å². The Bertz CT molecular complexity index is 1230. The number of pyridine rings is 1. The van der Waals surface area contributed by atoms with E-state index in [2.05, 4.69) is 32.2 Å². The Morgan fingerprint density at radius 3 is 2.90 bits per heavy atom. The van der Waals surface area contributed by atoms with E-state index in [1.165, 1.54) is 11.1 Å². The number of hydrogen-bond donors (Lipinski definition) is 3. The maximum atomic E-state index is 12.5. The number of amides is 2. The summed E-state index contributed by atoms with van der Waals surface area (Å²) in [4.78, 5) is 48.9. The van der Waals surface area contributed by atoms with Crippen LogP contribution in [0, 0.1) is 0 Å². The maximum Gasteiger partial charge on any atom is 0.415 e. The van der Waals surface area contributed by atoms with Gasteiger partial charge in [-0.3, -0.25) is 14.5 Å². The summed E-state index contributed by atoms with van der Waals surface area (Å²) in [6.45, 7) is 2.95. The van der Waals surface area contributed by atoms with Crippen LogP contribution in [-0.4, -0.2) is 95.0 Å². The van der Waals surface area contributed by atoms with Crippen LogP contribution in [-0.2, 0) is 27.2 Å². The fourth-order valence-corrected chi connectivity index (χ4v) is 4.79. The summed E-state index contributed by atoms with van der Waals surface area (Å²) in [5.41, 5.74) is 7.94. The van der Waals surface area contributed by atoms with Crippen LogP contribution in [0.5, 0.6) is 11.8 Å². The number of carbonyl (C=O) groups is 3.